The molecule has 1 aliphatic rings. The molecule has 0 saturated carbocycles. The van der Waals surface area contributed by atoms with Crippen LogP contribution in [0.25, 0.3) is 0 Å². The Hall–Kier alpha value is -1.63. The summed E-state index contributed by atoms with van der Waals surface area (Å²) < 4.78 is 5.21. The fourth-order valence-corrected chi connectivity index (χ4v) is 1.98. The lowest BCUT2D eigenvalue weighted by atomic mass is 10.2. The van der Waals surface area contributed by atoms with Crippen LogP contribution in [0.2, 0.25) is 0 Å². The van der Waals surface area contributed by atoms with Crippen molar-refractivity contribution in [2.45, 2.75) is 6.54 Å². The van der Waals surface area contributed by atoms with Crippen LogP contribution >= 0.6 is 15.9 Å². The third-order valence-corrected chi connectivity index (χ3v) is 3.10. The molecule has 0 atom stereocenters. The minimum atomic E-state index is -0.462. The molecule has 0 aromatic heterocycles. The lowest BCUT2D eigenvalue weighted by Crippen LogP contribution is -2.23. The summed E-state index contributed by atoms with van der Waals surface area (Å²) in [6.07, 6.45) is -0.379. The van der Waals surface area contributed by atoms with E-state index < -0.39 is 4.92 Å². The van der Waals surface area contributed by atoms with E-state index in [0.717, 1.165) is 0 Å². The van der Waals surface area contributed by atoms with Crippen LogP contribution in [0.15, 0.2) is 22.7 Å². The maximum absolute atomic E-state index is 11.2. The first-order valence-corrected chi connectivity index (χ1v) is 5.72. The fraction of sp³-hybridized carbons (Fsp3) is 0.300. The maximum Gasteiger partial charge on any atom is 0.410 e. The highest BCUT2D eigenvalue weighted by molar-refractivity contribution is 9.10. The van der Waals surface area contributed by atoms with Gasteiger partial charge in [0.05, 0.1) is 15.9 Å². The number of carbonyl (C=O) groups excluding carboxylic acids is 1. The third kappa shape index (κ3) is 2.55. The van der Waals surface area contributed by atoms with Crippen LogP contribution in [0.5, 0.6) is 0 Å². The van der Waals surface area contributed by atoms with E-state index in [9.17, 15) is 14.9 Å². The number of nitro groups is 1. The van der Waals surface area contributed by atoms with Crippen molar-refractivity contribution in [2.75, 3.05) is 13.2 Å². The highest BCUT2D eigenvalue weighted by atomic mass is 79.9. The molecule has 1 saturated heterocycles. The van der Waals surface area contributed by atoms with E-state index in [2.05, 4.69) is 15.9 Å². The maximum atomic E-state index is 11.2. The molecule has 1 aromatic rings. The van der Waals surface area contributed by atoms with Gasteiger partial charge < -0.3 is 9.64 Å². The molecule has 7 heteroatoms. The van der Waals surface area contributed by atoms with Crippen molar-refractivity contribution < 1.29 is 14.5 Å². The number of carbonyl (C=O) groups is 1. The minimum absolute atomic E-state index is 0.00457. The van der Waals surface area contributed by atoms with Gasteiger partial charge in [0.1, 0.15) is 6.61 Å². The van der Waals surface area contributed by atoms with Crippen molar-refractivity contribution in [3.63, 3.8) is 0 Å². The van der Waals surface area contributed by atoms with Crippen molar-refractivity contribution in [1.29, 1.82) is 0 Å². The summed E-state index contributed by atoms with van der Waals surface area (Å²) in [5, 5.41) is 10.7. The molecule has 0 spiro atoms. The second-order valence-electron chi connectivity index (χ2n) is 3.58. The zero-order valence-electron chi connectivity index (χ0n) is 8.76. The van der Waals surface area contributed by atoms with Gasteiger partial charge in [0.25, 0.3) is 5.69 Å². The van der Waals surface area contributed by atoms with Gasteiger partial charge in [0.15, 0.2) is 0 Å². The Balaban J connectivity index is 2.19. The molecule has 1 aliphatic heterocycles. The summed E-state index contributed by atoms with van der Waals surface area (Å²) in [4.78, 5) is 23.0. The fourth-order valence-electron chi connectivity index (χ4n) is 1.59. The van der Waals surface area contributed by atoms with E-state index in [1.54, 1.807) is 12.1 Å². The number of halogens is 1. The van der Waals surface area contributed by atoms with Gasteiger partial charge in [-0.25, -0.2) is 4.79 Å². The number of cyclic esters (lactones) is 1. The first-order chi connectivity index (χ1) is 8.08. The van der Waals surface area contributed by atoms with Gasteiger partial charge in [0.2, 0.25) is 0 Å². The SMILES string of the molecule is O=C1OCCN1Cc1ccc(Br)c([N+](=O)[O-])c1. The number of hydrogen-bond donors (Lipinski definition) is 0. The highest BCUT2D eigenvalue weighted by Gasteiger charge is 2.22. The van der Waals surface area contributed by atoms with Crippen LogP contribution in [0.3, 0.4) is 0 Å². The van der Waals surface area contributed by atoms with Crippen LogP contribution in [0.4, 0.5) is 10.5 Å². The first kappa shape index (κ1) is 11.8. The molecule has 2 rings (SSSR count). The largest absolute Gasteiger partial charge is 0.448 e. The van der Waals surface area contributed by atoms with E-state index in [4.69, 9.17) is 4.74 Å². The van der Waals surface area contributed by atoms with Gasteiger partial charge in [-0.05, 0) is 27.6 Å². The monoisotopic (exact) mass is 300 g/mol. The predicted molar refractivity (Wildman–Crippen MR) is 62.6 cm³/mol. The molecule has 90 valence electrons. The molecule has 6 nitrogen and oxygen atoms in total. The van der Waals surface area contributed by atoms with Crippen LogP contribution in [0.1, 0.15) is 5.56 Å². The van der Waals surface area contributed by atoms with Gasteiger partial charge in [-0.1, -0.05) is 6.07 Å². The molecular formula is C10H9BrN2O4. The Bertz CT molecular complexity index is 477. The standard InChI is InChI=1S/C10H9BrN2O4/c11-8-2-1-7(5-9(8)13(15)16)6-12-3-4-17-10(12)14/h1-2,5H,3-4,6H2. The Morgan fingerprint density at radius 1 is 1.53 bits per heavy atom. The van der Waals surface area contributed by atoms with Crippen LogP contribution in [-0.4, -0.2) is 29.1 Å². The lowest BCUT2D eigenvalue weighted by Gasteiger charge is -2.12. The van der Waals surface area contributed by atoms with Gasteiger partial charge in [-0.15, -0.1) is 0 Å². The Morgan fingerprint density at radius 3 is 2.88 bits per heavy atom. The second-order valence-corrected chi connectivity index (χ2v) is 4.43. The molecule has 17 heavy (non-hydrogen) atoms. The van der Waals surface area contributed by atoms with Crippen LogP contribution < -0.4 is 0 Å². The number of nitrogens with zero attached hydrogens (tertiary/aromatic N) is 2. The Labute approximate surface area is 105 Å². The van der Waals surface area contributed by atoms with E-state index in [-0.39, 0.29) is 11.8 Å². The summed E-state index contributed by atoms with van der Waals surface area (Å²) in [7, 11) is 0. The smallest absolute Gasteiger partial charge is 0.410 e. The van der Waals surface area contributed by atoms with E-state index in [1.807, 2.05) is 0 Å². The molecule has 0 N–H and O–H groups in total. The molecule has 0 unspecified atom stereocenters. The van der Waals surface area contributed by atoms with Crippen molar-refractivity contribution >= 4 is 27.7 Å². The quantitative estimate of drug-likeness (QED) is 0.634. The molecule has 0 bridgehead atoms. The summed E-state index contributed by atoms with van der Waals surface area (Å²) >= 11 is 3.11. The number of rotatable bonds is 3. The van der Waals surface area contributed by atoms with E-state index in [0.29, 0.717) is 29.7 Å². The molecule has 1 fully saturated rings. The third-order valence-electron chi connectivity index (χ3n) is 2.43. The topological polar surface area (TPSA) is 72.7 Å². The van der Waals surface area contributed by atoms with Gasteiger partial charge in [-0.3, -0.25) is 10.1 Å². The van der Waals surface area contributed by atoms with Crippen molar-refractivity contribution in [1.82, 2.24) is 4.90 Å². The number of ether oxygens (including phenoxy) is 1. The Morgan fingerprint density at radius 2 is 2.29 bits per heavy atom. The molecular weight excluding hydrogens is 292 g/mol. The van der Waals surface area contributed by atoms with Crippen LogP contribution in [-0.2, 0) is 11.3 Å². The van der Waals surface area contributed by atoms with Crippen molar-refractivity contribution in [2.24, 2.45) is 0 Å². The summed E-state index contributed by atoms with van der Waals surface area (Å²) in [5.41, 5.74) is 0.703. The number of benzene rings is 1. The van der Waals surface area contributed by atoms with Crippen molar-refractivity contribution in [3.05, 3.63) is 38.3 Å². The normalized spacial score (nSPS) is 14.9. The van der Waals surface area contributed by atoms with Gasteiger partial charge in [-0.2, -0.15) is 0 Å². The van der Waals surface area contributed by atoms with Crippen LogP contribution in [0, 0.1) is 10.1 Å². The summed E-state index contributed by atoms with van der Waals surface area (Å²) in [6.45, 7) is 1.22. The second kappa shape index (κ2) is 4.70. The number of amides is 1. The lowest BCUT2D eigenvalue weighted by molar-refractivity contribution is -0.385. The number of hydrogen-bond acceptors (Lipinski definition) is 4. The molecule has 1 aromatic carbocycles. The average Bonchev–Trinajstić information content (AvgIpc) is 2.67. The first-order valence-electron chi connectivity index (χ1n) is 4.92. The Kier molecular flexibility index (Phi) is 3.28. The van der Waals surface area contributed by atoms with E-state index >= 15 is 0 Å². The summed E-state index contributed by atoms with van der Waals surface area (Å²) in [5.74, 6) is 0. The molecule has 0 radical (unpaired) electrons. The van der Waals surface area contributed by atoms with Gasteiger partial charge in [0, 0.05) is 12.6 Å². The molecule has 1 heterocycles. The van der Waals surface area contributed by atoms with E-state index in [1.165, 1.54) is 11.0 Å². The summed E-state index contributed by atoms with van der Waals surface area (Å²) in [6, 6.07) is 4.80. The number of nitro benzene ring substituents is 1. The molecule has 1 amide bonds. The zero-order valence-corrected chi connectivity index (χ0v) is 10.3. The average molecular weight is 301 g/mol. The molecule has 0 aliphatic carbocycles. The van der Waals surface area contributed by atoms with Crippen molar-refractivity contribution in [3.8, 4) is 0 Å². The zero-order chi connectivity index (χ0) is 12.4. The van der Waals surface area contributed by atoms with Gasteiger partial charge >= 0.3 is 6.09 Å². The highest BCUT2D eigenvalue weighted by Crippen LogP contribution is 2.26. The predicted octanol–water partition coefficient (Wildman–Crippen LogP) is 2.31. The minimum Gasteiger partial charge on any atom is -0.448 e.